The molecule has 0 atom stereocenters. The van der Waals surface area contributed by atoms with E-state index in [-0.39, 0.29) is 15.5 Å². The van der Waals surface area contributed by atoms with Crippen LogP contribution >= 0.6 is 45.9 Å². The highest BCUT2D eigenvalue weighted by Gasteiger charge is 2.25. The number of nitrogens with one attached hydrogen (secondary N) is 1. The van der Waals surface area contributed by atoms with Crippen LogP contribution in [0.3, 0.4) is 0 Å². The summed E-state index contributed by atoms with van der Waals surface area (Å²) in [5, 5.41) is 4.80. The van der Waals surface area contributed by atoms with E-state index in [2.05, 4.69) is 10.3 Å². The van der Waals surface area contributed by atoms with Crippen molar-refractivity contribution in [3.8, 4) is 10.6 Å². The van der Waals surface area contributed by atoms with Gasteiger partial charge in [-0.2, -0.15) is 0 Å². The minimum absolute atomic E-state index is 0.0217. The van der Waals surface area contributed by atoms with Crippen molar-refractivity contribution in [2.45, 2.75) is 4.90 Å². The van der Waals surface area contributed by atoms with Crippen LogP contribution < -0.4 is 5.32 Å². The number of sulfonamides is 1. The van der Waals surface area contributed by atoms with Crippen molar-refractivity contribution in [3.05, 3.63) is 50.6 Å². The molecule has 3 rings (SSSR count). The zero-order chi connectivity index (χ0) is 20.5. The molecule has 0 unspecified atom stereocenters. The van der Waals surface area contributed by atoms with Crippen LogP contribution in [0.15, 0.2) is 40.6 Å². The Morgan fingerprint density at radius 2 is 2.00 bits per heavy atom. The molecule has 0 saturated carbocycles. The highest BCUT2D eigenvalue weighted by atomic mass is 35.5. The summed E-state index contributed by atoms with van der Waals surface area (Å²) in [5.41, 5.74) is 0.807. The Morgan fingerprint density at radius 1 is 1.25 bits per heavy atom. The maximum Gasteiger partial charge on any atom is 0.266 e. The number of aromatic nitrogens is 1. The fraction of sp³-hybridized carbons (Fsp3) is 0.125. The third-order valence-electron chi connectivity index (χ3n) is 3.62. The molecule has 3 aromatic rings. The van der Waals surface area contributed by atoms with Gasteiger partial charge in [-0.05, 0) is 30.3 Å². The number of rotatable bonds is 6. The summed E-state index contributed by atoms with van der Waals surface area (Å²) in [5.74, 6) is -0.515. The fourth-order valence-electron chi connectivity index (χ4n) is 2.14. The molecule has 28 heavy (non-hydrogen) atoms. The van der Waals surface area contributed by atoms with Gasteiger partial charge in [0.2, 0.25) is 0 Å². The molecular formula is C16H13Cl2N3O4S3. The number of halogens is 2. The number of carbonyl (C=O) groups is 1. The molecular weight excluding hydrogens is 465 g/mol. The Labute approximate surface area is 179 Å². The number of anilines is 1. The van der Waals surface area contributed by atoms with Crippen LogP contribution in [0.5, 0.6) is 0 Å². The molecule has 0 aliphatic rings. The summed E-state index contributed by atoms with van der Waals surface area (Å²) < 4.78 is 26.2. The lowest BCUT2D eigenvalue weighted by Gasteiger charge is -2.15. The van der Waals surface area contributed by atoms with Gasteiger partial charge in [-0.25, -0.2) is 13.4 Å². The number of amides is 1. The Kier molecular flexibility index (Phi) is 6.40. The topological polar surface area (TPSA) is 88.6 Å². The number of hydrogen-bond donors (Lipinski definition) is 1. The van der Waals surface area contributed by atoms with E-state index < -0.39 is 15.9 Å². The van der Waals surface area contributed by atoms with Crippen molar-refractivity contribution in [3.63, 3.8) is 0 Å². The van der Waals surface area contributed by atoms with Gasteiger partial charge in [-0.1, -0.05) is 27.7 Å². The highest BCUT2D eigenvalue weighted by molar-refractivity contribution is 7.89. The molecule has 0 saturated heterocycles. The molecule has 2 heterocycles. The molecule has 148 valence electrons. The second-order valence-electron chi connectivity index (χ2n) is 5.34. The van der Waals surface area contributed by atoms with E-state index in [1.807, 2.05) is 6.07 Å². The minimum atomic E-state index is -4.00. The van der Waals surface area contributed by atoms with Crippen LogP contribution in [0, 0.1) is 0 Å². The van der Waals surface area contributed by atoms with Crippen molar-refractivity contribution in [2.24, 2.45) is 0 Å². The first-order valence-electron chi connectivity index (χ1n) is 7.57. The van der Waals surface area contributed by atoms with E-state index >= 15 is 0 Å². The number of thiophene rings is 1. The molecule has 0 spiro atoms. The molecule has 0 aliphatic carbocycles. The normalized spacial score (nSPS) is 11.8. The van der Waals surface area contributed by atoms with E-state index in [0.29, 0.717) is 19.6 Å². The van der Waals surface area contributed by atoms with Crippen LogP contribution in [-0.4, -0.2) is 37.9 Å². The second kappa shape index (κ2) is 8.46. The third-order valence-corrected chi connectivity index (χ3v) is 7.79. The average molecular weight is 478 g/mol. The van der Waals surface area contributed by atoms with E-state index in [9.17, 15) is 13.2 Å². The van der Waals surface area contributed by atoms with Gasteiger partial charge in [-0.15, -0.1) is 22.7 Å². The maximum absolute atomic E-state index is 12.5. The molecule has 0 radical (unpaired) electrons. The number of benzene rings is 1. The minimum Gasteiger partial charge on any atom is -0.298 e. The van der Waals surface area contributed by atoms with Gasteiger partial charge >= 0.3 is 0 Å². The Balaban J connectivity index is 1.84. The monoisotopic (exact) mass is 477 g/mol. The van der Waals surface area contributed by atoms with Crippen molar-refractivity contribution in [1.29, 1.82) is 0 Å². The van der Waals surface area contributed by atoms with Gasteiger partial charge in [-0.3, -0.25) is 14.9 Å². The van der Waals surface area contributed by atoms with Crippen molar-refractivity contribution in [2.75, 3.05) is 19.5 Å². The van der Waals surface area contributed by atoms with Crippen LogP contribution in [0.1, 0.15) is 10.4 Å². The van der Waals surface area contributed by atoms with E-state index in [1.165, 1.54) is 55.0 Å². The molecule has 1 aromatic carbocycles. The first kappa shape index (κ1) is 21.2. The average Bonchev–Trinajstić information content (AvgIpc) is 3.29. The van der Waals surface area contributed by atoms with Crippen LogP contribution in [0.2, 0.25) is 9.36 Å². The number of nitrogens with zero attached hydrogens (tertiary/aromatic N) is 2. The molecule has 0 fully saturated rings. The van der Waals surface area contributed by atoms with E-state index in [1.54, 1.807) is 11.4 Å². The molecule has 0 aliphatic heterocycles. The molecule has 7 nitrogen and oxygen atoms in total. The fourth-order valence-corrected chi connectivity index (χ4v) is 5.40. The van der Waals surface area contributed by atoms with Gasteiger partial charge in [0, 0.05) is 18.0 Å². The summed E-state index contributed by atoms with van der Waals surface area (Å²) in [4.78, 5) is 22.3. The standard InChI is InChI=1S/C16H13Cl2N3O4S3/c1-21(25-2)28(23,24)13-7-9(3-4-10(13)17)15(22)20-16-19-11(8-26-16)12-5-6-14(18)27-12/h3-8H,1-2H3,(H,19,20,22). The predicted molar refractivity (Wildman–Crippen MR) is 112 cm³/mol. The van der Waals surface area contributed by atoms with Crippen molar-refractivity contribution >= 4 is 66.9 Å². The summed E-state index contributed by atoms with van der Waals surface area (Å²) in [6.45, 7) is 0. The Morgan fingerprint density at radius 3 is 2.64 bits per heavy atom. The van der Waals surface area contributed by atoms with Gasteiger partial charge in [0.05, 0.1) is 27.0 Å². The SMILES string of the molecule is CON(C)S(=O)(=O)c1cc(C(=O)Nc2nc(-c3ccc(Cl)s3)cs2)ccc1Cl. The predicted octanol–water partition coefficient (Wildman–Crippen LogP) is 4.61. The maximum atomic E-state index is 12.5. The van der Waals surface area contributed by atoms with Gasteiger partial charge in [0.1, 0.15) is 4.90 Å². The summed E-state index contributed by atoms with van der Waals surface area (Å²) >= 11 is 14.6. The van der Waals surface area contributed by atoms with Gasteiger partial charge < -0.3 is 0 Å². The van der Waals surface area contributed by atoms with Crippen molar-refractivity contribution < 1.29 is 18.0 Å². The van der Waals surface area contributed by atoms with Crippen LogP contribution in [0.4, 0.5) is 5.13 Å². The number of carbonyl (C=O) groups excluding carboxylic acids is 1. The number of thiazole rings is 1. The van der Waals surface area contributed by atoms with Gasteiger partial charge in [0.15, 0.2) is 5.13 Å². The largest absolute Gasteiger partial charge is 0.298 e. The lowest BCUT2D eigenvalue weighted by molar-refractivity contribution is -0.0258. The Hall–Kier alpha value is -1.53. The Bertz CT molecular complexity index is 1130. The summed E-state index contributed by atoms with van der Waals surface area (Å²) in [7, 11) is -1.56. The van der Waals surface area contributed by atoms with Crippen LogP contribution in [-0.2, 0) is 14.9 Å². The van der Waals surface area contributed by atoms with E-state index in [4.69, 9.17) is 28.0 Å². The van der Waals surface area contributed by atoms with Crippen LogP contribution in [0.25, 0.3) is 10.6 Å². The molecule has 1 amide bonds. The molecule has 12 heteroatoms. The van der Waals surface area contributed by atoms with E-state index in [0.717, 1.165) is 4.88 Å². The quantitative estimate of drug-likeness (QED) is 0.523. The van der Waals surface area contributed by atoms with Gasteiger partial charge in [0.25, 0.3) is 15.9 Å². The zero-order valence-corrected chi connectivity index (χ0v) is 18.4. The number of hydrogen-bond acceptors (Lipinski definition) is 7. The lowest BCUT2D eigenvalue weighted by Crippen LogP contribution is -2.26. The smallest absolute Gasteiger partial charge is 0.266 e. The van der Waals surface area contributed by atoms with Crippen molar-refractivity contribution in [1.82, 2.24) is 9.45 Å². The third kappa shape index (κ3) is 4.38. The summed E-state index contributed by atoms with van der Waals surface area (Å²) in [6, 6.07) is 7.57. The first-order valence-corrected chi connectivity index (χ1v) is 11.5. The second-order valence-corrected chi connectivity index (χ2v) is 10.2. The molecule has 2 aromatic heterocycles. The highest BCUT2D eigenvalue weighted by Crippen LogP contribution is 2.33. The molecule has 1 N–H and O–H groups in total. The first-order chi connectivity index (χ1) is 13.2. The zero-order valence-electron chi connectivity index (χ0n) is 14.5. The summed E-state index contributed by atoms with van der Waals surface area (Å²) in [6.07, 6.45) is 0. The molecule has 0 bridgehead atoms. The number of hydroxylamine groups is 1. The lowest BCUT2D eigenvalue weighted by atomic mass is 10.2.